The van der Waals surface area contributed by atoms with Gasteiger partial charge in [0.05, 0.1) is 11.4 Å². The Bertz CT molecular complexity index is 766. The van der Waals surface area contributed by atoms with Crippen LogP contribution in [0.25, 0.3) is 5.69 Å². The molecule has 5 heteroatoms. The highest BCUT2D eigenvalue weighted by Gasteiger charge is 2.09. The van der Waals surface area contributed by atoms with Gasteiger partial charge in [-0.1, -0.05) is 59.8 Å². The second-order valence-corrected chi connectivity index (χ2v) is 5.83. The second kappa shape index (κ2) is 6.58. The molecule has 0 saturated heterocycles. The number of benzene rings is 2. The fourth-order valence-corrected chi connectivity index (χ4v) is 2.67. The summed E-state index contributed by atoms with van der Waals surface area (Å²) in [4.78, 5) is 16.4. The highest BCUT2D eigenvalue weighted by molar-refractivity contribution is 7.99. The van der Waals surface area contributed by atoms with Crippen molar-refractivity contribution in [1.29, 1.82) is 0 Å². The van der Waals surface area contributed by atoms with Crippen molar-refractivity contribution in [3.8, 4) is 5.69 Å². The number of Topliss-reactive ketones (excluding diaryl/α,β-unsaturated/α-hetero) is 1. The summed E-state index contributed by atoms with van der Waals surface area (Å²) in [5, 5.41) is 4.98. The first-order valence-electron chi connectivity index (χ1n) is 6.92. The van der Waals surface area contributed by atoms with E-state index in [1.54, 1.807) is 11.0 Å². The highest BCUT2D eigenvalue weighted by Crippen LogP contribution is 2.16. The molecule has 3 rings (SSSR count). The van der Waals surface area contributed by atoms with E-state index in [9.17, 15) is 4.79 Å². The molecule has 1 aromatic heterocycles. The van der Waals surface area contributed by atoms with Crippen molar-refractivity contribution in [3.63, 3.8) is 0 Å². The lowest BCUT2D eigenvalue weighted by Crippen LogP contribution is -2.02. The average Bonchev–Trinajstić information content (AvgIpc) is 3.03. The zero-order chi connectivity index (χ0) is 15.4. The summed E-state index contributed by atoms with van der Waals surface area (Å²) in [6.45, 7) is 2.00. The largest absolute Gasteiger partial charge is 0.293 e. The van der Waals surface area contributed by atoms with Crippen LogP contribution in [0.4, 0.5) is 0 Å². The third-order valence-corrected chi connectivity index (χ3v) is 4.05. The van der Waals surface area contributed by atoms with E-state index in [2.05, 4.69) is 10.1 Å². The van der Waals surface area contributed by atoms with Gasteiger partial charge < -0.3 is 0 Å². The van der Waals surface area contributed by atoms with Crippen molar-refractivity contribution in [2.45, 2.75) is 12.1 Å². The van der Waals surface area contributed by atoms with Crippen molar-refractivity contribution in [2.24, 2.45) is 0 Å². The number of hydrogen-bond acceptors (Lipinski definition) is 4. The molecular formula is C17H15N3OS. The number of aryl methyl sites for hydroxylation is 1. The lowest BCUT2D eigenvalue weighted by molar-refractivity contribution is 0.102. The van der Waals surface area contributed by atoms with E-state index in [0.29, 0.717) is 10.9 Å². The van der Waals surface area contributed by atoms with Gasteiger partial charge in [-0.05, 0) is 19.1 Å². The number of hydrogen-bond donors (Lipinski definition) is 0. The van der Waals surface area contributed by atoms with Crippen molar-refractivity contribution >= 4 is 17.5 Å². The Morgan fingerprint density at radius 2 is 1.82 bits per heavy atom. The van der Waals surface area contributed by atoms with Gasteiger partial charge in [-0.3, -0.25) is 4.79 Å². The monoisotopic (exact) mass is 309 g/mol. The Hall–Kier alpha value is -2.40. The Labute approximate surface area is 133 Å². The van der Waals surface area contributed by atoms with E-state index >= 15 is 0 Å². The standard InChI is InChI=1S/C17H15N3OS/c1-13-7-9-14(10-8-13)16(21)11-22-17-18-12-20(19-17)15-5-3-2-4-6-15/h2-10,12H,11H2,1H3. The Morgan fingerprint density at radius 1 is 1.09 bits per heavy atom. The first-order valence-corrected chi connectivity index (χ1v) is 7.91. The summed E-state index contributed by atoms with van der Waals surface area (Å²) in [6.07, 6.45) is 1.66. The van der Waals surface area contributed by atoms with E-state index in [4.69, 9.17) is 0 Å². The maximum Gasteiger partial charge on any atom is 0.209 e. The molecule has 22 heavy (non-hydrogen) atoms. The number of nitrogens with zero attached hydrogens (tertiary/aromatic N) is 3. The van der Waals surface area contributed by atoms with Gasteiger partial charge in [-0.15, -0.1) is 5.10 Å². The predicted octanol–water partition coefficient (Wildman–Crippen LogP) is 3.55. The van der Waals surface area contributed by atoms with E-state index in [1.165, 1.54) is 11.8 Å². The molecule has 0 fully saturated rings. The normalized spacial score (nSPS) is 10.6. The fraction of sp³-hybridized carbons (Fsp3) is 0.118. The third-order valence-electron chi connectivity index (χ3n) is 3.20. The first kappa shape index (κ1) is 14.5. The molecule has 0 bridgehead atoms. The molecular weight excluding hydrogens is 294 g/mol. The summed E-state index contributed by atoms with van der Waals surface area (Å²) in [5.41, 5.74) is 2.82. The third kappa shape index (κ3) is 3.43. The molecule has 110 valence electrons. The number of thioether (sulfide) groups is 1. The van der Waals surface area contributed by atoms with Crippen molar-refractivity contribution in [2.75, 3.05) is 5.75 Å². The van der Waals surface area contributed by atoms with Crippen LogP contribution >= 0.6 is 11.8 Å². The van der Waals surface area contributed by atoms with E-state index in [0.717, 1.165) is 16.8 Å². The van der Waals surface area contributed by atoms with Gasteiger partial charge in [0, 0.05) is 5.56 Å². The van der Waals surface area contributed by atoms with E-state index in [1.807, 2.05) is 61.5 Å². The molecule has 2 aromatic carbocycles. The molecule has 0 aliphatic rings. The number of ketones is 1. The van der Waals surface area contributed by atoms with Crippen LogP contribution in [0.3, 0.4) is 0 Å². The Morgan fingerprint density at radius 3 is 2.55 bits per heavy atom. The Balaban J connectivity index is 1.64. The summed E-state index contributed by atoms with van der Waals surface area (Å²) < 4.78 is 1.71. The van der Waals surface area contributed by atoms with Crippen LogP contribution in [-0.2, 0) is 0 Å². The minimum Gasteiger partial charge on any atom is -0.293 e. The number of para-hydroxylation sites is 1. The number of carbonyl (C=O) groups is 1. The molecule has 0 aliphatic carbocycles. The molecule has 0 radical (unpaired) electrons. The molecule has 0 unspecified atom stereocenters. The molecule has 0 amide bonds. The maximum absolute atomic E-state index is 12.1. The van der Waals surface area contributed by atoms with E-state index < -0.39 is 0 Å². The van der Waals surface area contributed by atoms with Crippen LogP contribution in [0.5, 0.6) is 0 Å². The van der Waals surface area contributed by atoms with Crippen molar-refractivity contribution in [3.05, 3.63) is 72.1 Å². The number of rotatable bonds is 5. The smallest absolute Gasteiger partial charge is 0.209 e. The molecule has 0 saturated carbocycles. The van der Waals surface area contributed by atoms with Gasteiger partial charge in [-0.25, -0.2) is 9.67 Å². The van der Waals surface area contributed by atoms with Crippen LogP contribution in [-0.4, -0.2) is 26.3 Å². The van der Waals surface area contributed by atoms with Crippen LogP contribution in [0.15, 0.2) is 66.1 Å². The van der Waals surface area contributed by atoms with Gasteiger partial charge in [0.1, 0.15) is 6.33 Å². The highest BCUT2D eigenvalue weighted by atomic mass is 32.2. The second-order valence-electron chi connectivity index (χ2n) is 4.89. The Kier molecular flexibility index (Phi) is 4.34. The van der Waals surface area contributed by atoms with Gasteiger partial charge in [-0.2, -0.15) is 0 Å². The average molecular weight is 309 g/mol. The van der Waals surface area contributed by atoms with Gasteiger partial charge >= 0.3 is 0 Å². The van der Waals surface area contributed by atoms with Crippen LogP contribution in [0.1, 0.15) is 15.9 Å². The molecule has 1 heterocycles. The summed E-state index contributed by atoms with van der Waals surface area (Å²) in [5.74, 6) is 0.419. The summed E-state index contributed by atoms with van der Waals surface area (Å²) in [7, 11) is 0. The lowest BCUT2D eigenvalue weighted by atomic mass is 10.1. The molecule has 0 N–H and O–H groups in total. The molecule has 0 atom stereocenters. The minimum atomic E-state index is 0.0843. The van der Waals surface area contributed by atoms with Crippen LogP contribution in [0.2, 0.25) is 0 Å². The van der Waals surface area contributed by atoms with Crippen LogP contribution < -0.4 is 0 Å². The SMILES string of the molecule is Cc1ccc(C(=O)CSc2ncn(-c3ccccc3)n2)cc1. The lowest BCUT2D eigenvalue weighted by Gasteiger charge is -2.00. The zero-order valence-electron chi connectivity index (χ0n) is 12.1. The van der Waals surface area contributed by atoms with Crippen molar-refractivity contribution < 1.29 is 4.79 Å². The summed E-state index contributed by atoms with van der Waals surface area (Å²) in [6, 6.07) is 17.4. The van der Waals surface area contributed by atoms with Crippen molar-refractivity contribution in [1.82, 2.24) is 14.8 Å². The van der Waals surface area contributed by atoms with Gasteiger partial charge in [0.2, 0.25) is 5.16 Å². The van der Waals surface area contributed by atoms with Gasteiger partial charge in [0.25, 0.3) is 0 Å². The molecule has 0 spiro atoms. The maximum atomic E-state index is 12.1. The quantitative estimate of drug-likeness (QED) is 0.534. The molecule has 0 aliphatic heterocycles. The minimum absolute atomic E-state index is 0.0843. The predicted molar refractivity (Wildman–Crippen MR) is 87.6 cm³/mol. The molecule has 4 nitrogen and oxygen atoms in total. The topological polar surface area (TPSA) is 47.8 Å². The van der Waals surface area contributed by atoms with E-state index in [-0.39, 0.29) is 5.78 Å². The number of aromatic nitrogens is 3. The summed E-state index contributed by atoms with van der Waals surface area (Å²) >= 11 is 1.35. The van der Waals surface area contributed by atoms with Gasteiger partial charge in [0.15, 0.2) is 5.78 Å². The number of carbonyl (C=O) groups excluding carboxylic acids is 1. The fourth-order valence-electron chi connectivity index (χ4n) is 1.97. The van der Waals surface area contributed by atoms with Crippen LogP contribution in [0, 0.1) is 6.92 Å². The first-order chi connectivity index (χ1) is 10.7. The molecule has 3 aromatic rings. The zero-order valence-corrected chi connectivity index (χ0v) is 13.0.